The van der Waals surface area contributed by atoms with Gasteiger partial charge in [-0.05, 0) is 31.5 Å². The molecule has 5 nitrogen and oxygen atoms in total. The van der Waals surface area contributed by atoms with Crippen molar-refractivity contribution in [1.82, 2.24) is 15.1 Å². The van der Waals surface area contributed by atoms with Crippen LogP contribution in [0.15, 0.2) is 29.2 Å². The van der Waals surface area contributed by atoms with E-state index in [1.807, 2.05) is 43.9 Å². The van der Waals surface area contributed by atoms with Gasteiger partial charge >= 0.3 is 0 Å². The molecular formula is C18H27N3O2S. The van der Waals surface area contributed by atoms with E-state index in [0.29, 0.717) is 5.92 Å². The third kappa shape index (κ3) is 4.68. The van der Waals surface area contributed by atoms with Crippen LogP contribution in [0.1, 0.15) is 18.2 Å². The number of nitrogens with one attached hydrogen (secondary N) is 1. The molecule has 0 radical (unpaired) electrons. The van der Waals surface area contributed by atoms with E-state index in [-0.39, 0.29) is 0 Å². The molecule has 0 spiro atoms. The Hall–Kier alpha value is -1.66. The molecule has 0 aliphatic rings. The molecule has 0 amide bonds. The van der Waals surface area contributed by atoms with Crippen LogP contribution in [0.2, 0.25) is 0 Å². The maximum Gasteiger partial charge on any atom is 0.216 e. The zero-order valence-corrected chi connectivity index (χ0v) is 15.9. The minimum Gasteiger partial charge on any atom is -0.496 e. The van der Waals surface area contributed by atoms with Gasteiger partial charge in [-0.25, -0.2) is 4.68 Å². The molecule has 6 heteroatoms. The van der Waals surface area contributed by atoms with Crippen molar-refractivity contribution in [2.45, 2.75) is 25.3 Å². The quantitative estimate of drug-likeness (QED) is 0.704. The van der Waals surface area contributed by atoms with Crippen molar-refractivity contribution in [3.05, 3.63) is 35.5 Å². The molecule has 0 bridgehead atoms. The Labute approximate surface area is 148 Å². The number of nitrogens with zero attached hydrogens (tertiary/aromatic N) is 2. The van der Waals surface area contributed by atoms with Gasteiger partial charge in [0.1, 0.15) is 5.75 Å². The Morgan fingerprint density at radius 1 is 1.25 bits per heavy atom. The van der Waals surface area contributed by atoms with Gasteiger partial charge in [-0.15, -0.1) is 11.8 Å². The van der Waals surface area contributed by atoms with Crippen LogP contribution < -0.4 is 14.8 Å². The lowest BCUT2D eigenvalue weighted by molar-refractivity contribution is 0.367. The fourth-order valence-corrected chi connectivity index (χ4v) is 3.66. The molecule has 1 heterocycles. The highest BCUT2D eigenvalue weighted by molar-refractivity contribution is 7.99. The zero-order valence-electron chi connectivity index (χ0n) is 15.1. The summed E-state index contributed by atoms with van der Waals surface area (Å²) in [4.78, 5) is 1.19. The third-order valence-electron chi connectivity index (χ3n) is 3.87. The van der Waals surface area contributed by atoms with E-state index in [9.17, 15) is 0 Å². The van der Waals surface area contributed by atoms with Crippen LogP contribution in [0.3, 0.4) is 0 Å². The van der Waals surface area contributed by atoms with Crippen molar-refractivity contribution >= 4 is 11.8 Å². The SMILES string of the molecule is COc1ccccc1SCC(C)CNCc1c(C)nn(C)c1OC. The van der Waals surface area contributed by atoms with Crippen LogP contribution in [0.25, 0.3) is 0 Å². The standard InChI is InChI=1S/C18H27N3O2S/c1-13(12-24-17-9-7-6-8-16(17)22-4)10-19-11-15-14(2)20-21(3)18(15)23-5/h6-9,13,19H,10-12H2,1-5H3. The summed E-state index contributed by atoms with van der Waals surface area (Å²) in [6.07, 6.45) is 0. The maximum atomic E-state index is 5.43. The molecule has 0 aliphatic carbocycles. The Bertz CT molecular complexity index is 658. The average Bonchev–Trinajstić information content (AvgIpc) is 2.86. The van der Waals surface area contributed by atoms with Crippen LogP contribution in [0.5, 0.6) is 11.6 Å². The Morgan fingerprint density at radius 3 is 2.71 bits per heavy atom. The van der Waals surface area contributed by atoms with Crippen LogP contribution in [-0.2, 0) is 13.6 Å². The number of thioether (sulfide) groups is 1. The summed E-state index contributed by atoms with van der Waals surface area (Å²) in [5.74, 6) is 3.36. The summed E-state index contributed by atoms with van der Waals surface area (Å²) >= 11 is 1.83. The molecule has 1 unspecified atom stereocenters. The minimum atomic E-state index is 0.544. The largest absolute Gasteiger partial charge is 0.496 e. The summed E-state index contributed by atoms with van der Waals surface area (Å²) in [6, 6.07) is 8.15. The molecule has 0 saturated heterocycles. The summed E-state index contributed by atoms with van der Waals surface area (Å²) in [5, 5.41) is 7.93. The first kappa shape index (κ1) is 18.7. The summed E-state index contributed by atoms with van der Waals surface area (Å²) < 4.78 is 12.6. The molecule has 132 valence electrons. The lowest BCUT2D eigenvalue weighted by Crippen LogP contribution is -2.22. The van der Waals surface area contributed by atoms with Gasteiger partial charge in [0.25, 0.3) is 0 Å². The Balaban J connectivity index is 1.81. The number of hydrogen-bond acceptors (Lipinski definition) is 5. The lowest BCUT2D eigenvalue weighted by atomic mass is 10.2. The van der Waals surface area contributed by atoms with Crippen molar-refractivity contribution in [3.8, 4) is 11.6 Å². The molecule has 1 aromatic carbocycles. The Morgan fingerprint density at radius 2 is 2.00 bits per heavy atom. The smallest absolute Gasteiger partial charge is 0.216 e. The molecule has 2 rings (SSSR count). The molecule has 1 atom stereocenters. The number of aromatic nitrogens is 2. The van der Waals surface area contributed by atoms with Gasteiger partial charge in [0, 0.05) is 24.2 Å². The number of hydrogen-bond donors (Lipinski definition) is 1. The zero-order chi connectivity index (χ0) is 17.5. The van der Waals surface area contributed by atoms with Crippen LogP contribution in [0, 0.1) is 12.8 Å². The van der Waals surface area contributed by atoms with Crippen LogP contribution in [-0.4, -0.2) is 36.3 Å². The topological polar surface area (TPSA) is 48.3 Å². The van der Waals surface area contributed by atoms with Crippen LogP contribution >= 0.6 is 11.8 Å². The Kier molecular flexibility index (Phi) is 6.99. The van der Waals surface area contributed by atoms with E-state index in [0.717, 1.165) is 41.7 Å². The number of para-hydroxylation sites is 1. The first-order valence-corrected chi connectivity index (χ1v) is 9.08. The fourth-order valence-electron chi connectivity index (χ4n) is 2.61. The van der Waals surface area contributed by atoms with Gasteiger partial charge in [0.15, 0.2) is 0 Å². The number of methoxy groups -OCH3 is 2. The predicted octanol–water partition coefficient (Wildman–Crippen LogP) is 3.26. The van der Waals surface area contributed by atoms with Gasteiger partial charge in [-0.1, -0.05) is 19.1 Å². The third-order valence-corrected chi connectivity index (χ3v) is 5.25. The number of aryl methyl sites for hydroxylation is 2. The molecule has 2 aromatic rings. The molecular weight excluding hydrogens is 322 g/mol. The van der Waals surface area contributed by atoms with Crippen LogP contribution in [0.4, 0.5) is 0 Å². The fraction of sp³-hybridized carbons (Fsp3) is 0.500. The monoisotopic (exact) mass is 349 g/mol. The predicted molar refractivity (Wildman–Crippen MR) is 99.1 cm³/mol. The molecule has 0 aliphatic heterocycles. The van der Waals surface area contributed by atoms with Gasteiger partial charge in [-0.2, -0.15) is 5.10 Å². The van der Waals surface area contributed by atoms with Gasteiger partial charge in [0.05, 0.1) is 25.5 Å². The molecule has 1 aromatic heterocycles. The second-order valence-corrected chi connectivity index (χ2v) is 6.96. The number of rotatable bonds is 9. The van der Waals surface area contributed by atoms with Crippen molar-refractivity contribution in [1.29, 1.82) is 0 Å². The highest BCUT2D eigenvalue weighted by Crippen LogP contribution is 2.30. The van der Waals surface area contributed by atoms with E-state index < -0.39 is 0 Å². The summed E-state index contributed by atoms with van der Waals surface area (Å²) in [6.45, 7) is 5.98. The summed E-state index contributed by atoms with van der Waals surface area (Å²) in [7, 11) is 5.31. The molecule has 1 N–H and O–H groups in total. The summed E-state index contributed by atoms with van der Waals surface area (Å²) in [5.41, 5.74) is 2.14. The first-order chi connectivity index (χ1) is 11.6. The minimum absolute atomic E-state index is 0.544. The van der Waals surface area contributed by atoms with E-state index in [1.54, 1.807) is 18.9 Å². The first-order valence-electron chi connectivity index (χ1n) is 8.09. The van der Waals surface area contributed by atoms with E-state index in [2.05, 4.69) is 23.4 Å². The van der Waals surface area contributed by atoms with Gasteiger partial charge < -0.3 is 14.8 Å². The normalized spacial score (nSPS) is 12.2. The average molecular weight is 350 g/mol. The van der Waals surface area contributed by atoms with E-state index >= 15 is 0 Å². The maximum absolute atomic E-state index is 5.43. The number of ether oxygens (including phenoxy) is 2. The highest BCUT2D eigenvalue weighted by Gasteiger charge is 2.14. The lowest BCUT2D eigenvalue weighted by Gasteiger charge is -2.14. The molecule has 24 heavy (non-hydrogen) atoms. The van der Waals surface area contributed by atoms with Gasteiger partial charge in [-0.3, -0.25) is 0 Å². The van der Waals surface area contributed by atoms with Gasteiger partial charge in [0.2, 0.25) is 5.88 Å². The second-order valence-electron chi connectivity index (χ2n) is 5.89. The van der Waals surface area contributed by atoms with E-state index in [4.69, 9.17) is 9.47 Å². The number of benzene rings is 1. The molecule has 0 saturated carbocycles. The second kappa shape index (κ2) is 8.99. The van der Waals surface area contributed by atoms with Crippen molar-refractivity contribution in [3.63, 3.8) is 0 Å². The van der Waals surface area contributed by atoms with E-state index in [1.165, 1.54) is 4.90 Å². The van der Waals surface area contributed by atoms with Crippen molar-refractivity contribution < 1.29 is 9.47 Å². The van der Waals surface area contributed by atoms with Crippen molar-refractivity contribution in [2.24, 2.45) is 13.0 Å². The van der Waals surface area contributed by atoms with Crippen molar-refractivity contribution in [2.75, 3.05) is 26.5 Å². The molecule has 0 fully saturated rings. The highest BCUT2D eigenvalue weighted by atomic mass is 32.2.